The monoisotopic (exact) mass is 620 g/mol. The number of methoxy groups -OCH3 is 1. The van der Waals surface area contributed by atoms with Gasteiger partial charge in [0.1, 0.15) is 18.0 Å². The SMILES string of the molecule is COc1ccc(NC(=O)COc2ccc(/C=N\NC(=O)CN(c3ccc(Cl)cc3)S(=O)(=O)c3ccc(C)cc3)cc2)cc1. The number of amides is 2. The molecule has 0 aliphatic heterocycles. The molecule has 4 aromatic rings. The summed E-state index contributed by atoms with van der Waals surface area (Å²) in [4.78, 5) is 25.0. The highest BCUT2D eigenvalue weighted by molar-refractivity contribution is 7.92. The molecule has 2 amide bonds. The molecule has 0 aliphatic rings. The van der Waals surface area contributed by atoms with Crippen LogP contribution in [0.2, 0.25) is 5.02 Å². The number of nitrogens with zero attached hydrogens (tertiary/aromatic N) is 2. The minimum Gasteiger partial charge on any atom is -0.497 e. The fourth-order valence-electron chi connectivity index (χ4n) is 3.77. The summed E-state index contributed by atoms with van der Waals surface area (Å²) >= 11 is 5.98. The summed E-state index contributed by atoms with van der Waals surface area (Å²) in [7, 11) is -2.50. The Morgan fingerprint density at radius 2 is 1.49 bits per heavy atom. The Hall–Kier alpha value is -4.87. The first kappa shape index (κ1) is 31.1. The highest BCUT2D eigenvalue weighted by Crippen LogP contribution is 2.25. The first-order valence-corrected chi connectivity index (χ1v) is 14.8. The number of benzene rings is 4. The number of carbonyl (C=O) groups is 2. The number of halogens is 1. The lowest BCUT2D eigenvalue weighted by molar-refractivity contribution is -0.119. The average Bonchev–Trinajstić information content (AvgIpc) is 3.00. The van der Waals surface area contributed by atoms with Gasteiger partial charge in [0.15, 0.2) is 6.61 Å². The number of carbonyl (C=O) groups excluding carboxylic acids is 2. The van der Waals surface area contributed by atoms with Gasteiger partial charge in [0.05, 0.1) is 23.9 Å². The van der Waals surface area contributed by atoms with E-state index in [0.717, 1.165) is 9.87 Å². The predicted molar refractivity (Wildman–Crippen MR) is 166 cm³/mol. The molecule has 2 N–H and O–H groups in total. The number of sulfonamides is 1. The minimum atomic E-state index is -4.06. The van der Waals surface area contributed by atoms with Crippen LogP contribution in [0.25, 0.3) is 0 Å². The summed E-state index contributed by atoms with van der Waals surface area (Å²) in [5.74, 6) is 0.176. The zero-order valence-corrected chi connectivity index (χ0v) is 24.9. The fraction of sp³-hybridized carbons (Fsp3) is 0.129. The fourth-order valence-corrected chi connectivity index (χ4v) is 5.32. The van der Waals surface area contributed by atoms with Gasteiger partial charge in [-0.3, -0.25) is 13.9 Å². The number of hydrazone groups is 1. The van der Waals surface area contributed by atoms with Crippen LogP contribution >= 0.6 is 11.6 Å². The predicted octanol–water partition coefficient (Wildman–Crippen LogP) is 5.02. The minimum absolute atomic E-state index is 0.0462. The van der Waals surface area contributed by atoms with Gasteiger partial charge in [0.25, 0.3) is 21.8 Å². The lowest BCUT2D eigenvalue weighted by Gasteiger charge is -2.23. The highest BCUT2D eigenvalue weighted by Gasteiger charge is 2.27. The van der Waals surface area contributed by atoms with E-state index in [1.165, 1.54) is 30.5 Å². The number of aryl methyl sites for hydroxylation is 1. The molecule has 43 heavy (non-hydrogen) atoms. The summed E-state index contributed by atoms with van der Waals surface area (Å²) in [6.45, 7) is 1.15. The molecular weight excluding hydrogens is 592 g/mol. The average molecular weight is 621 g/mol. The number of rotatable bonds is 12. The smallest absolute Gasteiger partial charge is 0.264 e. The van der Waals surface area contributed by atoms with Gasteiger partial charge in [-0.05, 0) is 97.4 Å². The Balaban J connectivity index is 1.33. The number of hydrogen-bond acceptors (Lipinski definition) is 7. The molecule has 0 aromatic heterocycles. The van der Waals surface area contributed by atoms with E-state index >= 15 is 0 Å². The van der Waals surface area contributed by atoms with Crippen LogP contribution in [-0.4, -0.2) is 46.7 Å². The first-order chi connectivity index (χ1) is 20.6. The van der Waals surface area contributed by atoms with Gasteiger partial charge >= 0.3 is 0 Å². The molecular formula is C31H29ClN4O6S. The van der Waals surface area contributed by atoms with Crippen molar-refractivity contribution < 1.29 is 27.5 Å². The molecule has 10 nitrogen and oxygen atoms in total. The lowest BCUT2D eigenvalue weighted by atomic mass is 10.2. The van der Waals surface area contributed by atoms with Crippen molar-refractivity contribution in [2.45, 2.75) is 11.8 Å². The molecule has 4 aromatic carbocycles. The molecule has 222 valence electrons. The van der Waals surface area contributed by atoms with Crippen LogP contribution in [0.5, 0.6) is 11.5 Å². The van der Waals surface area contributed by atoms with Crippen LogP contribution < -0.4 is 24.5 Å². The molecule has 0 bridgehead atoms. The number of hydrogen-bond donors (Lipinski definition) is 2. The van der Waals surface area contributed by atoms with E-state index in [9.17, 15) is 18.0 Å². The van der Waals surface area contributed by atoms with Gasteiger partial charge in [-0.25, -0.2) is 13.8 Å². The zero-order chi connectivity index (χ0) is 30.8. The number of nitrogens with one attached hydrogen (secondary N) is 2. The van der Waals surface area contributed by atoms with Crippen molar-refractivity contribution in [2.24, 2.45) is 5.10 Å². The van der Waals surface area contributed by atoms with E-state index in [4.69, 9.17) is 21.1 Å². The van der Waals surface area contributed by atoms with Crippen LogP contribution in [0.3, 0.4) is 0 Å². The molecule has 0 aliphatic carbocycles. The van der Waals surface area contributed by atoms with Crippen LogP contribution in [0.1, 0.15) is 11.1 Å². The van der Waals surface area contributed by atoms with Gasteiger partial charge in [-0.1, -0.05) is 29.3 Å². The summed E-state index contributed by atoms with van der Waals surface area (Å²) in [6, 6.07) is 26.1. The van der Waals surface area contributed by atoms with Crippen molar-refractivity contribution in [1.82, 2.24) is 5.43 Å². The van der Waals surface area contributed by atoms with Gasteiger partial charge in [-0.2, -0.15) is 5.10 Å². The van der Waals surface area contributed by atoms with Crippen molar-refractivity contribution in [3.63, 3.8) is 0 Å². The normalized spacial score (nSPS) is 11.1. The van der Waals surface area contributed by atoms with Crippen molar-refractivity contribution in [1.29, 1.82) is 0 Å². The van der Waals surface area contributed by atoms with Gasteiger partial charge in [0, 0.05) is 10.7 Å². The maximum Gasteiger partial charge on any atom is 0.264 e. The van der Waals surface area contributed by atoms with Crippen molar-refractivity contribution in [3.8, 4) is 11.5 Å². The molecule has 0 saturated heterocycles. The van der Waals surface area contributed by atoms with Crippen LogP contribution in [0, 0.1) is 6.92 Å². The summed E-state index contributed by atoms with van der Waals surface area (Å²) in [5, 5.41) is 7.11. The van der Waals surface area contributed by atoms with Crippen LogP contribution in [0.15, 0.2) is 107 Å². The molecule has 0 radical (unpaired) electrons. The molecule has 0 fully saturated rings. The second-order valence-electron chi connectivity index (χ2n) is 9.23. The maximum absolute atomic E-state index is 13.4. The van der Waals surface area contributed by atoms with Crippen LogP contribution in [-0.2, 0) is 19.6 Å². The maximum atomic E-state index is 13.4. The largest absolute Gasteiger partial charge is 0.497 e. The zero-order valence-electron chi connectivity index (χ0n) is 23.4. The molecule has 4 rings (SSSR count). The molecule has 0 heterocycles. The quantitative estimate of drug-likeness (QED) is 0.169. The van der Waals surface area contributed by atoms with Gasteiger partial charge < -0.3 is 14.8 Å². The highest BCUT2D eigenvalue weighted by atomic mass is 35.5. The second kappa shape index (κ2) is 14.3. The molecule has 12 heteroatoms. The van der Waals surface area contributed by atoms with E-state index in [2.05, 4.69) is 15.8 Å². The van der Waals surface area contributed by atoms with Crippen LogP contribution in [0.4, 0.5) is 11.4 Å². The van der Waals surface area contributed by atoms with Gasteiger partial charge in [-0.15, -0.1) is 0 Å². The Kier molecular flexibility index (Phi) is 10.4. The topological polar surface area (TPSA) is 126 Å². The number of anilines is 2. The van der Waals surface area contributed by atoms with Gasteiger partial charge in [0.2, 0.25) is 0 Å². The standard InChI is InChI=1S/C31H29ClN4O6S/c1-22-3-17-29(18-4-22)43(39,40)36(26-11-7-24(32)8-12-26)20-30(37)35-33-19-23-5-13-28(14-6-23)42-21-31(38)34-25-9-15-27(41-2)16-10-25/h3-19H,20-21H2,1-2H3,(H,34,38)(H,35,37)/b33-19-. The second-order valence-corrected chi connectivity index (χ2v) is 11.5. The Morgan fingerprint density at radius 1 is 0.860 bits per heavy atom. The first-order valence-electron chi connectivity index (χ1n) is 13.0. The lowest BCUT2D eigenvalue weighted by Crippen LogP contribution is -2.39. The molecule has 0 spiro atoms. The molecule has 0 unspecified atom stereocenters. The van der Waals surface area contributed by atoms with E-state index < -0.39 is 22.5 Å². The Bertz CT molecular complexity index is 1680. The summed E-state index contributed by atoms with van der Waals surface area (Å²) in [6.07, 6.45) is 1.40. The van der Waals surface area contributed by atoms with E-state index in [1.807, 2.05) is 6.92 Å². The number of ether oxygens (including phenoxy) is 2. The molecule has 0 saturated carbocycles. The third kappa shape index (κ3) is 8.81. The molecule has 0 atom stereocenters. The summed E-state index contributed by atoms with van der Waals surface area (Å²) < 4.78 is 38.5. The summed E-state index contributed by atoms with van der Waals surface area (Å²) in [5.41, 5.74) is 4.80. The Labute approximate surface area is 254 Å². The van der Waals surface area contributed by atoms with Crippen molar-refractivity contribution in [3.05, 3.63) is 113 Å². The van der Waals surface area contributed by atoms with E-state index in [1.54, 1.807) is 79.9 Å². The van der Waals surface area contributed by atoms with Crippen molar-refractivity contribution in [2.75, 3.05) is 29.9 Å². The van der Waals surface area contributed by atoms with Crippen molar-refractivity contribution >= 4 is 51.0 Å². The van der Waals surface area contributed by atoms with E-state index in [-0.39, 0.29) is 23.1 Å². The third-order valence-corrected chi connectivity index (χ3v) is 8.08. The van der Waals surface area contributed by atoms with E-state index in [0.29, 0.717) is 27.8 Å². The Morgan fingerprint density at radius 3 is 2.12 bits per heavy atom. The third-order valence-electron chi connectivity index (χ3n) is 6.04.